The molecule has 37 heavy (non-hydrogen) atoms. The van der Waals surface area contributed by atoms with Crippen molar-refractivity contribution in [1.29, 1.82) is 0 Å². The van der Waals surface area contributed by atoms with Gasteiger partial charge in [0.05, 0.1) is 12.1 Å². The number of benzene rings is 4. The Labute approximate surface area is 215 Å². The van der Waals surface area contributed by atoms with E-state index in [0.29, 0.717) is 17.7 Å². The minimum atomic E-state index is -0.732. The standard InChI is InChI=1S/C31H30N4O2/c1-19-14-15-23(35-31(37)28(32)16-22-18-33-29-13-6-5-11-26(22)29)17-27(19)30(36)34-20(2)24-12-7-9-21-8-3-4-10-25(21)24/h3-15,17-18,20,28,33H,16,32H2,1-2H3,(H,34,36)(H,35,37)/t20-,28+/m1/s1. The molecule has 6 nitrogen and oxygen atoms in total. The van der Waals surface area contributed by atoms with Crippen LogP contribution in [0, 0.1) is 6.92 Å². The van der Waals surface area contributed by atoms with Crippen LogP contribution >= 0.6 is 0 Å². The lowest BCUT2D eigenvalue weighted by molar-refractivity contribution is -0.117. The fraction of sp³-hybridized carbons (Fsp3) is 0.161. The fourth-order valence-electron chi connectivity index (χ4n) is 4.79. The molecule has 4 aromatic carbocycles. The van der Waals surface area contributed by atoms with E-state index in [0.717, 1.165) is 38.4 Å². The molecule has 5 N–H and O–H groups in total. The highest BCUT2D eigenvalue weighted by atomic mass is 16.2. The van der Waals surface area contributed by atoms with Crippen molar-refractivity contribution in [2.45, 2.75) is 32.4 Å². The zero-order valence-corrected chi connectivity index (χ0v) is 20.9. The first-order valence-electron chi connectivity index (χ1n) is 12.4. The molecule has 0 unspecified atom stereocenters. The Morgan fingerprint density at radius 2 is 1.65 bits per heavy atom. The molecule has 5 aromatic rings. The third kappa shape index (κ3) is 5.10. The van der Waals surface area contributed by atoms with Gasteiger partial charge in [0.15, 0.2) is 0 Å². The normalized spacial score (nSPS) is 12.8. The van der Waals surface area contributed by atoms with Crippen LogP contribution in [-0.4, -0.2) is 22.8 Å². The van der Waals surface area contributed by atoms with Gasteiger partial charge in [0.1, 0.15) is 0 Å². The van der Waals surface area contributed by atoms with Gasteiger partial charge in [-0.1, -0.05) is 66.7 Å². The molecular formula is C31H30N4O2. The van der Waals surface area contributed by atoms with Crippen LogP contribution in [0.4, 0.5) is 5.69 Å². The highest BCUT2D eigenvalue weighted by Crippen LogP contribution is 2.25. The van der Waals surface area contributed by atoms with Crippen LogP contribution in [0.1, 0.15) is 40.0 Å². The van der Waals surface area contributed by atoms with E-state index in [1.165, 1.54) is 0 Å². The molecule has 0 radical (unpaired) electrons. The number of amides is 2. The number of anilines is 1. The number of H-pyrrole nitrogens is 1. The third-order valence-electron chi connectivity index (χ3n) is 6.84. The summed E-state index contributed by atoms with van der Waals surface area (Å²) >= 11 is 0. The summed E-state index contributed by atoms with van der Waals surface area (Å²) in [6, 6.07) is 26.6. The largest absolute Gasteiger partial charge is 0.361 e. The van der Waals surface area contributed by atoms with Gasteiger partial charge >= 0.3 is 0 Å². The Hall–Kier alpha value is -4.42. The highest BCUT2D eigenvalue weighted by Gasteiger charge is 2.19. The van der Waals surface area contributed by atoms with Gasteiger partial charge in [0.2, 0.25) is 5.91 Å². The number of aromatic nitrogens is 1. The molecule has 2 amide bonds. The first-order valence-corrected chi connectivity index (χ1v) is 12.4. The number of carbonyl (C=O) groups excluding carboxylic acids is 2. The smallest absolute Gasteiger partial charge is 0.252 e. The molecule has 0 bridgehead atoms. The van der Waals surface area contributed by atoms with Crippen LogP contribution in [0.3, 0.4) is 0 Å². The number of fused-ring (bicyclic) bond motifs is 2. The van der Waals surface area contributed by atoms with E-state index in [4.69, 9.17) is 5.73 Å². The lowest BCUT2D eigenvalue weighted by Crippen LogP contribution is -2.37. The Balaban J connectivity index is 1.28. The van der Waals surface area contributed by atoms with E-state index in [1.54, 1.807) is 12.1 Å². The second kappa shape index (κ2) is 10.3. The molecule has 0 spiro atoms. The van der Waals surface area contributed by atoms with Gasteiger partial charge in [0, 0.05) is 28.4 Å². The summed E-state index contributed by atoms with van der Waals surface area (Å²) in [6.45, 7) is 3.86. The van der Waals surface area contributed by atoms with E-state index < -0.39 is 6.04 Å². The van der Waals surface area contributed by atoms with Gasteiger partial charge in [0.25, 0.3) is 5.91 Å². The molecule has 0 aliphatic carbocycles. The molecular weight excluding hydrogens is 460 g/mol. The molecule has 1 heterocycles. The van der Waals surface area contributed by atoms with Crippen molar-refractivity contribution in [3.63, 3.8) is 0 Å². The lowest BCUT2D eigenvalue weighted by atomic mass is 9.99. The van der Waals surface area contributed by atoms with Crippen molar-refractivity contribution in [3.8, 4) is 0 Å². The molecule has 186 valence electrons. The molecule has 1 aromatic heterocycles. The summed E-state index contributed by atoms with van der Waals surface area (Å²) in [5, 5.41) is 9.29. The highest BCUT2D eigenvalue weighted by molar-refractivity contribution is 6.00. The number of hydrogen-bond acceptors (Lipinski definition) is 3. The van der Waals surface area contributed by atoms with Gasteiger partial charge in [-0.25, -0.2) is 0 Å². The zero-order valence-electron chi connectivity index (χ0n) is 20.9. The van der Waals surface area contributed by atoms with E-state index in [1.807, 2.05) is 74.6 Å². The lowest BCUT2D eigenvalue weighted by Gasteiger charge is -2.18. The van der Waals surface area contributed by atoms with E-state index in [9.17, 15) is 9.59 Å². The number of nitrogens with one attached hydrogen (secondary N) is 3. The maximum absolute atomic E-state index is 13.2. The number of aryl methyl sites for hydroxylation is 1. The number of nitrogens with two attached hydrogens (primary N) is 1. The second-order valence-corrected chi connectivity index (χ2v) is 9.45. The van der Waals surface area contributed by atoms with Crippen LogP contribution in [0.2, 0.25) is 0 Å². The molecule has 2 atom stereocenters. The minimum absolute atomic E-state index is 0.194. The number of rotatable bonds is 7. The van der Waals surface area contributed by atoms with E-state index >= 15 is 0 Å². The van der Waals surface area contributed by atoms with E-state index in [-0.39, 0.29) is 17.9 Å². The van der Waals surface area contributed by atoms with Crippen LogP contribution in [0.15, 0.2) is 91.1 Å². The Kier molecular flexibility index (Phi) is 6.75. The van der Waals surface area contributed by atoms with Gasteiger partial charge in [-0.05, 0) is 65.9 Å². The average molecular weight is 491 g/mol. The number of para-hydroxylation sites is 1. The Bertz CT molecular complexity index is 1600. The monoisotopic (exact) mass is 490 g/mol. The topological polar surface area (TPSA) is 100 Å². The SMILES string of the molecule is Cc1ccc(NC(=O)[C@@H](N)Cc2c[nH]c3ccccc23)cc1C(=O)N[C@H](C)c1cccc2ccccc12. The van der Waals surface area contributed by atoms with Gasteiger partial charge in [-0.2, -0.15) is 0 Å². The maximum atomic E-state index is 13.2. The summed E-state index contributed by atoms with van der Waals surface area (Å²) in [6.07, 6.45) is 2.29. The van der Waals surface area contributed by atoms with Crippen molar-refractivity contribution in [2.75, 3.05) is 5.32 Å². The molecule has 5 rings (SSSR count). The van der Waals surface area contributed by atoms with Crippen LogP contribution in [0.25, 0.3) is 21.7 Å². The fourth-order valence-corrected chi connectivity index (χ4v) is 4.79. The van der Waals surface area contributed by atoms with Crippen molar-refractivity contribution in [1.82, 2.24) is 10.3 Å². The number of hydrogen-bond donors (Lipinski definition) is 4. The van der Waals surface area contributed by atoms with Crippen LogP contribution < -0.4 is 16.4 Å². The predicted molar refractivity (Wildman–Crippen MR) is 150 cm³/mol. The van der Waals surface area contributed by atoms with Crippen LogP contribution in [0.5, 0.6) is 0 Å². The number of carbonyl (C=O) groups is 2. The first-order chi connectivity index (χ1) is 17.9. The van der Waals surface area contributed by atoms with Gasteiger partial charge < -0.3 is 21.4 Å². The van der Waals surface area contributed by atoms with Gasteiger partial charge in [-0.3, -0.25) is 9.59 Å². The molecule has 6 heteroatoms. The minimum Gasteiger partial charge on any atom is -0.361 e. The molecule has 0 aliphatic heterocycles. The first kappa shape index (κ1) is 24.3. The maximum Gasteiger partial charge on any atom is 0.252 e. The molecule has 0 saturated heterocycles. The van der Waals surface area contributed by atoms with Crippen molar-refractivity contribution >= 4 is 39.2 Å². The molecule has 0 saturated carbocycles. The Morgan fingerprint density at radius 3 is 2.49 bits per heavy atom. The van der Waals surface area contributed by atoms with E-state index in [2.05, 4.69) is 33.8 Å². The second-order valence-electron chi connectivity index (χ2n) is 9.45. The number of aromatic amines is 1. The summed E-state index contributed by atoms with van der Waals surface area (Å²) in [5.41, 5.74) is 11.2. The summed E-state index contributed by atoms with van der Waals surface area (Å²) in [5.74, 6) is -0.498. The van der Waals surface area contributed by atoms with Crippen molar-refractivity contribution < 1.29 is 9.59 Å². The van der Waals surface area contributed by atoms with Crippen LogP contribution in [-0.2, 0) is 11.2 Å². The summed E-state index contributed by atoms with van der Waals surface area (Å²) < 4.78 is 0. The quantitative estimate of drug-likeness (QED) is 0.238. The summed E-state index contributed by atoms with van der Waals surface area (Å²) in [7, 11) is 0. The predicted octanol–water partition coefficient (Wildman–Crippen LogP) is 5.63. The zero-order chi connectivity index (χ0) is 25.9. The molecule has 0 aliphatic rings. The molecule has 0 fully saturated rings. The van der Waals surface area contributed by atoms with Gasteiger partial charge in [-0.15, -0.1) is 0 Å². The summed E-state index contributed by atoms with van der Waals surface area (Å²) in [4.78, 5) is 29.3. The van der Waals surface area contributed by atoms with Crippen molar-refractivity contribution in [3.05, 3.63) is 113 Å². The average Bonchev–Trinajstić information content (AvgIpc) is 3.32. The van der Waals surface area contributed by atoms with Crippen molar-refractivity contribution in [2.24, 2.45) is 5.73 Å². The Morgan fingerprint density at radius 1 is 0.919 bits per heavy atom. The third-order valence-corrected chi connectivity index (χ3v) is 6.84.